The maximum atomic E-state index is 12.9. The van der Waals surface area contributed by atoms with E-state index in [9.17, 15) is 4.79 Å². The standard InChI is InChI=1S/C23H24N4O2/c1-17-8-10-19(11-9-17)23(28)27-13-12-26(15-18(27)2)21-14-22(25-16-24-21)29-20-6-4-3-5-7-20/h3-11,14,16,18H,12-13,15H2,1-2H3. The Hall–Kier alpha value is -3.41. The van der Waals surface area contributed by atoms with E-state index in [0.717, 1.165) is 22.7 Å². The number of piperazine rings is 1. The van der Waals surface area contributed by atoms with Crippen LogP contribution < -0.4 is 9.64 Å². The number of amides is 1. The average Bonchev–Trinajstić information content (AvgIpc) is 2.75. The van der Waals surface area contributed by atoms with Crippen molar-refractivity contribution in [2.45, 2.75) is 19.9 Å². The monoisotopic (exact) mass is 388 g/mol. The summed E-state index contributed by atoms with van der Waals surface area (Å²) in [4.78, 5) is 25.6. The molecule has 1 aliphatic heterocycles. The molecule has 1 aliphatic rings. The number of rotatable bonds is 4. The first-order chi connectivity index (χ1) is 14.1. The van der Waals surface area contributed by atoms with Crippen LogP contribution in [0.5, 0.6) is 11.6 Å². The largest absolute Gasteiger partial charge is 0.439 e. The van der Waals surface area contributed by atoms with Crippen LogP contribution in [0.2, 0.25) is 0 Å². The summed E-state index contributed by atoms with van der Waals surface area (Å²) in [6.45, 7) is 6.16. The maximum absolute atomic E-state index is 12.9. The molecule has 0 radical (unpaired) electrons. The van der Waals surface area contributed by atoms with E-state index in [4.69, 9.17) is 4.74 Å². The number of benzene rings is 2. The van der Waals surface area contributed by atoms with Crippen molar-refractivity contribution >= 4 is 11.7 Å². The van der Waals surface area contributed by atoms with Gasteiger partial charge in [-0.05, 0) is 38.1 Å². The van der Waals surface area contributed by atoms with Gasteiger partial charge in [0, 0.05) is 37.3 Å². The SMILES string of the molecule is Cc1ccc(C(=O)N2CCN(c3cc(Oc4ccccc4)ncn3)CC2C)cc1. The summed E-state index contributed by atoms with van der Waals surface area (Å²) in [5, 5.41) is 0. The Morgan fingerprint density at radius 3 is 2.52 bits per heavy atom. The fourth-order valence-corrected chi connectivity index (χ4v) is 3.50. The van der Waals surface area contributed by atoms with E-state index < -0.39 is 0 Å². The highest BCUT2D eigenvalue weighted by molar-refractivity contribution is 5.94. The number of aromatic nitrogens is 2. The molecule has 0 aliphatic carbocycles. The number of anilines is 1. The van der Waals surface area contributed by atoms with Gasteiger partial charge in [0.2, 0.25) is 5.88 Å². The molecule has 1 saturated heterocycles. The molecule has 4 rings (SSSR count). The molecule has 29 heavy (non-hydrogen) atoms. The van der Waals surface area contributed by atoms with Crippen molar-refractivity contribution in [2.24, 2.45) is 0 Å². The smallest absolute Gasteiger partial charge is 0.254 e. The van der Waals surface area contributed by atoms with E-state index in [0.29, 0.717) is 25.5 Å². The van der Waals surface area contributed by atoms with Gasteiger partial charge in [0.1, 0.15) is 17.9 Å². The van der Waals surface area contributed by atoms with Gasteiger partial charge in [0.05, 0.1) is 0 Å². The molecule has 6 heteroatoms. The van der Waals surface area contributed by atoms with E-state index >= 15 is 0 Å². The third-order valence-electron chi connectivity index (χ3n) is 5.10. The second kappa shape index (κ2) is 8.31. The summed E-state index contributed by atoms with van der Waals surface area (Å²) >= 11 is 0. The predicted octanol–water partition coefficient (Wildman–Crippen LogP) is 3.93. The number of carbonyl (C=O) groups excluding carboxylic acids is 1. The van der Waals surface area contributed by atoms with Crippen LogP contribution in [0.25, 0.3) is 0 Å². The Morgan fingerprint density at radius 1 is 1.03 bits per heavy atom. The molecule has 6 nitrogen and oxygen atoms in total. The fourth-order valence-electron chi connectivity index (χ4n) is 3.50. The van der Waals surface area contributed by atoms with Crippen molar-refractivity contribution in [1.82, 2.24) is 14.9 Å². The van der Waals surface area contributed by atoms with Gasteiger partial charge >= 0.3 is 0 Å². The first-order valence-electron chi connectivity index (χ1n) is 9.78. The zero-order valence-electron chi connectivity index (χ0n) is 16.7. The van der Waals surface area contributed by atoms with Crippen molar-refractivity contribution in [1.29, 1.82) is 0 Å². The average molecular weight is 388 g/mol. The molecule has 3 aromatic rings. The summed E-state index contributed by atoms with van der Waals surface area (Å²) in [5.74, 6) is 2.12. The number of nitrogens with zero attached hydrogens (tertiary/aromatic N) is 4. The number of para-hydroxylation sites is 1. The third kappa shape index (κ3) is 4.37. The lowest BCUT2D eigenvalue weighted by molar-refractivity contribution is 0.0673. The number of ether oxygens (including phenoxy) is 1. The normalized spacial score (nSPS) is 16.6. The van der Waals surface area contributed by atoms with E-state index in [-0.39, 0.29) is 11.9 Å². The van der Waals surface area contributed by atoms with E-state index in [2.05, 4.69) is 21.8 Å². The van der Waals surface area contributed by atoms with Crippen molar-refractivity contribution in [3.05, 3.63) is 78.1 Å². The molecule has 1 aromatic heterocycles. The van der Waals surface area contributed by atoms with E-state index in [1.165, 1.54) is 6.33 Å². The lowest BCUT2D eigenvalue weighted by Crippen LogP contribution is -2.54. The Kier molecular flexibility index (Phi) is 5.42. The highest BCUT2D eigenvalue weighted by Crippen LogP contribution is 2.24. The number of carbonyl (C=O) groups is 1. The van der Waals surface area contributed by atoms with Gasteiger partial charge in [0.25, 0.3) is 5.91 Å². The summed E-state index contributed by atoms with van der Waals surface area (Å²) in [5.41, 5.74) is 1.88. The molecule has 1 unspecified atom stereocenters. The topological polar surface area (TPSA) is 58.6 Å². The van der Waals surface area contributed by atoms with Crippen LogP contribution in [-0.4, -0.2) is 46.5 Å². The molecule has 1 fully saturated rings. The zero-order chi connectivity index (χ0) is 20.2. The second-order valence-corrected chi connectivity index (χ2v) is 7.29. The van der Waals surface area contributed by atoms with Crippen LogP contribution in [0, 0.1) is 6.92 Å². The third-order valence-corrected chi connectivity index (χ3v) is 5.10. The van der Waals surface area contributed by atoms with Gasteiger partial charge in [-0.2, -0.15) is 0 Å². The van der Waals surface area contributed by atoms with E-state index in [1.54, 1.807) is 0 Å². The molecule has 1 atom stereocenters. The van der Waals surface area contributed by atoms with Gasteiger partial charge in [-0.25, -0.2) is 9.97 Å². The highest BCUT2D eigenvalue weighted by atomic mass is 16.5. The Bertz CT molecular complexity index is 976. The summed E-state index contributed by atoms with van der Waals surface area (Å²) in [6, 6.07) is 19.2. The van der Waals surface area contributed by atoms with Crippen molar-refractivity contribution in [3.63, 3.8) is 0 Å². The lowest BCUT2D eigenvalue weighted by Gasteiger charge is -2.40. The van der Waals surface area contributed by atoms with Crippen LogP contribution in [0.15, 0.2) is 67.0 Å². The quantitative estimate of drug-likeness (QED) is 0.678. The number of hydrogen-bond donors (Lipinski definition) is 0. The van der Waals surface area contributed by atoms with Crippen LogP contribution >= 0.6 is 0 Å². The van der Waals surface area contributed by atoms with Crippen molar-refractivity contribution < 1.29 is 9.53 Å². The zero-order valence-corrected chi connectivity index (χ0v) is 16.7. The van der Waals surface area contributed by atoms with Gasteiger partial charge in [-0.3, -0.25) is 4.79 Å². The minimum absolute atomic E-state index is 0.0750. The number of aryl methyl sites for hydroxylation is 1. The molecule has 2 aromatic carbocycles. The van der Waals surface area contributed by atoms with Crippen LogP contribution in [0.4, 0.5) is 5.82 Å². The summed E-state index contributed by atoms with van der Waals surface area (Å²) < 4.78 is 5.82. The number of hydrogen-bond acceptors (Lipinski definition) is 5. The molecule has 148 valence electrons. The van der Waals surface area contributed by atoms with Crippen LogP contribution in [0.1, 0.15) is 22.8 Å². The lowest BCUT2D eigenvalue weighted by atomic mass is 10.1. The molecule has 2 heterocycles. The molecular weight excluding hydrogens is 364 g/mol. The Morgan fingerprint density at radius 2 is 1.79 bits per heavy atom. The minimum Gasteiger partial charge on any atom is -0.439 e. The van der Waals surface area contributed by atoms with Gasteiger partial charge in [-0.1, -0.05) is 35.9 Å². The second-order valence-electron chi connectivity index (χ2n) is 7.29. The molecular formula is C23H24N4O2. The molecule has 1 amide bonds. The van der Waals surface area contributed by atoms with Crippen LogP contribution in [0.3, 0.4) is 0 Å². The summed E-state index contributed by atoms with van der Waals surface area (Å²) in [7, 11) is 0. The predicted molar refractivity (Wildman–Crippen MR) is 112 cm³/mol. The summed E-state index contributed by atoms with van der Waals surface area (Å²) in [6.07, 6.45) is 1.52. The van der Waals surface area contributed by atoms with Crippen LogP contribution in [-0.2, 0) is 0 Å². The first-order valence-corrected chi connectivity index (χ1v) is 9.78. The Labute approximate surface area is 170 Å². The molecule has 0 bridgehead atoms. The Balaban J connectivity index is 1.44. The highest BCUT2D eigenvalue weighted by Gasteiger charge is 2.29. The van der Waals surface area contributed by atoms with E-state index in [1.807, 2.05) is 72.5 Å². The molecule has 0 saturated carbocycles. The van der Waals surface area contributed by atoms with Gasteiger partial charge in [-0.15, -0.1) is 0 Å². The minimum atomic E-state index is 0.0750. The van der Waals surface area contributed by atoms with Gasteiger partial charge < -0.3 is 14.5 Å². The molecule has 0 N–H and O–H groups in total. The fraction of sp³-hybridized carbons (Fsp3) is 0.261. The maximum Gasteiger partial charge on any atom is 0.254 e. The molecule has 0 spiro atoms. The van der Waals surface area contributed by atoms with Gasteiger partial charge in [0.15, 0.2) is 0 Å². The first kappa shape index (κ1) is 18.9. The van der Waals surface area contributed by atoms with Crippen molar-refractivity contribution in [2.75, 3.05) is 24.5 Å². The van der Waals surface area contributed by atoms with Crippen molar-refractivity contribution in [3.8, 4) is 11.6 Å².